The molecule has 0 bridgehead atoms. The minimum absolute atomic E-state index is 0.255. The standard InChI is InChI=1S/C14H16ClFO2/c15-11-5-4-10(12(16)8-11)9-14(13(17)18)6-2-1-3-7-14/h4-5,8H,1-3,6-7,9H2,(H,17,18). The van der Waals surface area contributed by atoms with Gasteiger partial charge in [-0.3, -0.25) is 4.79 Å². The number of benzene rings is 1. The summed E-state index contributed by atoms with van der Waals surface area (Å²) < 4.78 is 13.8. The van der Waals surface area contributed by atoms with Gasteiger partial charge in [0.05, 0.1) is 5.41 Å². The Labute approximate surface area is 111 Å². The third-order valence-corrected chi connectivity index (χ3v) is 4.04. The van der Waals surface area contributed by atoms with Crippen LogP contribution < -0.4 is 0 Å². The first-order valence-corrected chi connectivity index (χ1v) is 6.59. The number of halogens is 2. The Morgan fingerprint density at radius 1 is 1.33 bits per heavy atom. The van der Waals surface area contributed by atoms with Crippen LogP contribution in [0.3, 0.4) is 0 Å². The quantitative estimate of drug-likeness (QED) is 0.899. The highest BCUT2D eigenvalue weighted by Crippen LogP contribution is 2.40. The molecule has 0 spiro atoms. The van der Waals surface area contributed by atoms with Gasteiger partial charge in [0, 0.05) is 5.02 Å². The molecule has 2 nitrogen and oxygen atoms in total. The normalized spacial score (nSPS) is 18.6. The van der Waals surface area contributed by atoms with Gasteiger partial charge in [0.25, 0.3) is 0 Å². The van der Waals surface area contributed by atoms with E-state index in [0.717, 1.165) is 19.3 Å². The Morgan fingerprint density at radius 2 is 2.00 bits per heavy atom. The third kappa shape index (κ3) is 2.66. The summed E-state index contributed by atoms with van der Waals surface area (Å²) in [4.78, 5) is 11.5. The first-order valence-electron chi connectivity index (χ1n) is 6.21. The number of carboxylic acids is 1. The van der Waals surface area contributed by atoms with E-state index in [2.05, 4.69) is 0 Å². The largest absolute Gasteiger partial charge is 0.481 e. The zero-order chi connectivity index (χ0) is 13.2. The molecule has 98 valence electrons. The average Bonchev–Trinajstić information content (AvgIpc) is 2.34. The topological polar surface area (TPSA) is 37.3 Å². The molecule has 18 heavy (non-hydrogen) atoms. The second-order valence-electron chi connectivity index (χ2n) is 5.06. The van der Waals surface area contributed by atoms with Gasteiger partial charge in [-0.25, -0.2) is 4.39 Å². The minimum Gasteiger partial charge on any atom is -0.481 e. The Kier molecular flexibility index (Phi) is 3.91. The molecule has 1 saturated carbocycles. The number of rotatable bonds is 3. The van der Waals surface area contributed by atoms with Crippen molar-refractivity contribution in [2.24, 2.45) is 5.41 Å². The van der Waals surface area contributed by atoms with Gasteiger partial charge in [-0.1, -0.05) is 36.9 Å². The van der Waals surface area contributed by atoms with Crippen molar-refractivity contribution in [2.45, 2.75) is 38.5 Å². The lowest BCUT2D eigenvalue weighted by molar-refractivity contribution is -0.151. The van der Waals surface area contributed by atoms with Gasteiger partial charge < -0.3 is 5.11 Å². The van der Waals surface area contributed by atoms with Crippen LogP contribution in [0.5, 0.6) is 0 Å². The molecule has 4 heteroatoms. The van der Waals surface area contributed by atoms with Crippen molar-refractivity contribution in [2.75, 3.05) is 0 Å². The predicted molar refractivity (Wildman–Crippen MR) is 68.3 cm³/mol. The molecule has 0 atom stereocenters. The first kappa shape index (κ1) is 13.3. The molecule has 1 aliphatic carbocycles. The molecular formula is C14H16ClFO2. The Hall–Kier alpha value is -1.09. The molecule has 2 rings (SSSR count). The third-order valence-electron chi connectivity index (χ3n) is 3.81. The number of carboxylic acid groups (broad SMARTS) is 1. The second-order valence-corrected chi connectivity index (χ2v) is 5.50. The maximum Gasteiger partial charge on any atom is 0.309 e. The fourth-order valence-corrected chi connectivity index (χ4v) is 2.88. The highest BCUT2D eigenvalue weighted by molar-refractivity contribution is 6.30. The van der Waals surface area contributed by atoms with Crippen LogP contribution in [0.25, 0.3) is 0 Å². The maximum atomic E-state index is 13.8. The number of hydrogen-bond acceptors (Lipinski definition) is 1. The van der Waals surface area contributed by atoms with Crippen molar-refractivity contribution in [1.82, 2.24) is 0 Å². The molecule has 0 aromatic heterocycles. The summed E-state index contributed by atoms with van der Waals surface area (Å²) in [6.07, 6.45) is 4.39. The summed E-state index contributed by atoms with van der Waals surface area (Å²) in [5.74, 6) is -1.22. The zero-order valence-electron chi connectivity index (χ0n) is 10.1. The van der Waals surface area contributed by atoms with E-state index >= 15 is 0 Å². The summed E-state index contributed by atoms with van der Waals surface area (Å²) in [6.45, 7) is 0. The first-order chi connectivity index (χ1) is 8.53. The molecule has 1 aromatic rings. The van der Waals surface area contributed by atoms with Crippen molar-refractivity contribution < 1.29 is 14.3 Å². The van der Waals surface area contributed by atoms with E-state index in [1.54, 1.807) is 12.1 Å². The van der Waals surface area contributed by atoms with Crippen LogP contribution in [0.2, 0.25) is 5.02 Å². The van der Waals surface area contributed by atoms with Gasteiger partial charge in [-0.05, 0) is 37.0 Å². The summed E-state index contributed by atoms with van der Waals surface area (Å²) in [5, 5.41) is 9.78. The van der Waals surface area contributed by atoms with Crippen LogP contribution in [0.1, 0.15) is 37.7 Å². The fraction of sp³-hybridized carbons (Fsp3) is 0.500. The molecule has 0 radical (unpaired) electrons. The summed E-state index contributed by atoms with van der Waals surface area (Å²) in [5.41, 5.74) is -0.351. The SMILES string of the molecule is O=C(O)C1(Cc2ccc(Cl)cc2F)CCCCC1. The lowest BCUT2D eigenvalue weighted by Gasteiger charge is -2.33. The predicted octanol–water partition coefficient (Wildman–Crippen LogP) is 4.06. The van der Waals surface area contributed by atoms with Crippen LogP contribution in [-0.4, -0.2) is 11.1 Å². The Bertz CT molecular complexity index is 453. The summed E-state index contributed by atoms with van der Waals surface area (Å²) in [6, 6.07) is 4.45. The van der Waals surface area contributed by atoms with Gasteiger partial charge in [0.2, 0.25) is 0 Å². The minimum atomic E-state index is -0.809. The van der Waals surface area contributed by atoms with E-state index in [9.17, 15) is 14.3 Å². The molecule has 1 fully saturated rings. The fourth-order valence-electron chi connectivity index (χ4n) is 2.72. The van der Waals surface area contributed by atoms with E-state index < -0.39 is 17.2 Å². The van der Waals surface area contributed by atoms with Crippen LogP contribution in [-0.2, 0) is 11.2 Å². The van der Waals surface area contributed by atoms with Gasteiger partial charge in [0.1, 0.15) is 5.82 Å². The van der Waals surface area contributed by atoms with Crippen LogP contribution in [0.4, 0.5) is 4.39 Å². The van der Waals surface area contributed by atoms with Gasteiger partial charge in [-0.2, -0.15) is 0 Å². The molecule has 0 amide bonds. The molecule has 0 saturated heterocycles. The monoisotopic (exact) mass is 270 g/mol. The van der Waals surface area contributed by atoms with Crippen molar-refractivity contribution in [1.29, 1.82) is 0 Å². The lowest BCUT2D eigenvalue weighted by Crippen LogP contribution is -2.35. The van der Waals surface area contributed by atoms with E-state index in [1.807, 2.05) is 0 Å². The molecule has 1 aliphatic rings. The maximum absolute atomic E-state index is 13.8. The van der Waals surface area contributed by atoms with Gasteiger partial charge in [0.15, 0.2) is 0 Å². The van der Waals surface area contributed by atoms with Crippen LogP contribution in [0.15, 0.2) is 18.2 Å². The lowest BCUT2D eigenvalue weighted by atomic mass is 9.70. The smallest absolute Gasteiger partial charge is 0.309 e. The van der Waals surface area contributed by atoms with Crippen LogP contribution >= 0.6 is 11.6 Å². The van der Waals surface area contributed by atoms with E-state index in [-0.39, 0.29) is 6.42 Å². The molecule has 0 unspecified atom stereocenters. The highest BCUT2D eigenvalue weighted by Gasteiger charge is 2.40. The number of hydrogen-bond donors (Lipinski definition) is 1. The van der Waals surface area contributed by atoms with Crippen LogP contribution in [0, 0.1) is 11.2 Å². The molecule has 1 aromatic carbocycles. The Balaban J connectivity index is 2.26. The highest BCUT2D eigenvalue weighted by atomic mass is 35.5. The average molecular weight is 271 g/mol. The van der Waals surface area contributed by atoms with Crippen molar-refractivity contribution in [3.63, 3.8) is 0 Å². The summed E-state index contributed by atoms with van der Waals surface area (Å²) in [7, 11) is 0. The van der Waals surface area contributed by atoms with Gasteiger partial charge >= 0.3 is 5.97 Å². The van der Waals surface area contributed by atoms with E-state index in [1.165, 1.54) is 6.07 Å². The van der Waals surface area contributed by atoms with Crippen molar-refractivity contribution >= 4 is 17.6 Å². The molecule has 0 heterocycles. The zero-order valence-corrected chi connectivity index (χ0v) is 10.8. The number of aliphatic carboxylic acids is 1. The summed E-state index contributed by atoms with van der Waals surface area (Å²) >= 11 is 5.70. The molecular weight excluding hydrogens is 255 g/mol. The Morgan fingerprint density at radius 3 is 2.56 bits per heavy atom. The number of carbonyl (C=O) groups is 1. The molecule has 1 N–H and O–H groups in total. The van der Waals surface area contributed by atoms with E-state index in [0.29, 0.717) is 23.4 Å². The van der Waals surface area contributed by atoms with E-state index in [4.69, 9.17) is 11.6 Å². The van der Waals surface area contributed by atoms with Crippen molar-refractivity contribution in [3.8, 4) is 0 Å². The van der Waals surface area contributed by atoms with Gasteiger partial charge in [-0.15, -0.1) is 0 Å². The molecule has 0 aliphatic heterocycles. The van der Waals surface area contributed by atoms with Crippen molar-refractivity contribution in [3.05, 3.63) is 34.6 Å². The second kappa shape index (κ2) is 5.27.